The number of hydrogen-bond donors (Lipinski definition) is 1. The van der Waals surface area contributed by atoms with Crippen LogP contribution in [0.25, 0.3) is 11.4 Å². The fourth-order valence-electron chi connectivity index (χ4n) is 1.64. The van der Waals surface area contributed by atoms with Crippen molar-refractivity contribution in [2.24, 2.45) is 0 Å². The van der Waals surface area contributed by atoms with Crippen LogP contribution in [0.2, 0.25) is 10.0 Å². The second-order valence-corrected chi connectivity index (χ2v) is 6.47. The van der Waals surface area contributed by atoms with Crippen LogP contribution < -0.4 is 5.84 Å². The molecule has 0 aliphatic rings. The highest BCUT2D eigenvalue weighted by Gasteiger charge is 2.15. The molecule has 5 nitrogen and oxygen atoms in total. The van der Waals surface area contributed by atoms with E-state index in [4.69, 9.17) is 33.8 Å². The monoisotopic (exact) mass is 346 g/mol. The van der Waals surface area contributed by atoms with Crippen molar-refractivity contribution in [3.63, 3.8) is 0 Å². The van der Waals surface area contributed by atoms with Gasteiger partial charge in [-0.15, -0.1) is 10.2 Å². The molecule has 0 saturated carbocycles. The van der Waals surface area contributed by atoms with Crippen LogP contribution in [-0.2, 0) is 4.74 Å². The molecule has 0 radical (unpaired) electrons. The van der Waals surface area contributed by atoms with E-state index >= 15 is 0 Å². The van der Waals surface area contributed by atoms with Crippen LogP contribution in [0.15, 0.2) is 23.4 Å². The molecule has 1 heterocycles. The predicted molar refractivity (Wildman–Crippen MR) is 87.4 cm³/mol. The van der Waals surface area contributed by atoms with E-state index in [9.17, 15) is 0 Å². The van der Waals surface area contributed by atoms with Gasteiger partial charge in [0.25, 0.3) is 0 Å². The van der Waals surface area contributed by atoms with Gasteiger partial charge >= 0.3 is 0 Å². The molecule has 0 saturated heterocycles. The first-order valence-corrected chi connectivity index (χ1v) is 8.13. The molecule has 0 atom stereocenters. The maximum atomic E-state index is 6.15. The summed E-state index contributed by atoms with van der Waals surface area (Å²) in [7, 11) is 0. The lowest BCUT2D eigenvalue weighted by Gasteiger charge is -2.07. The topological polar surface area (TPSA) is 66.0 Å². The van der Waals surface area contributed by atoms with Gasteiger partial charge in [0.15, 0.2) is 5.82 Å². The number of aromatic nitrogens is 3. The lowest BCUT2D eigenvalue weighted by Crippen LogP contribution is -2.12. The third kappa shape index (κ3) is 4.26. The molecule has 21 heavy (non-hydrogen) atoms. The molecular formula is C13H16Cl2N4OS. The SMILES string of the molecule is CC(C)OCCSc1nnc(-c2cc(Cl)ccc2Cl)n1N. The Morgan fingerprint density at radius 1 is 1.33 bits per heavy atom. The summed E-state index contributed by atoms with van der Waals surface area (Å²) in [4.78, 5) is 0. The molecule has 2 rings (SSSR count). The largest absolute Gasteiger partial charge is 0.378 e. The smallest absolute Gasteiger partial charge is 0.210 e. The molecule has 0 unspecified atom stereocenters. The summed E-state index contributed by atoms with van der Waals surface area (Å²) in [6.45, 7) is 4.62. The lowest BCUT2D eigenvalue weighted by atomic mass is 10.2. The van der Waals surface area contributed by atoms with Crippen molar-refractivity contribution < 1.29 is 4.74 Å². The van der Waals surface area contributed by atoms with Crippen molar-refractivity contribution in [3.8, 4) is 11.4 Å². The molecule has 0 aliphatic heterocycles. The summed E-state index contributed by atoms with van der Waals surface area (Å²) in [6, 6.07) is 5.13. The fourth-order valence-corrected chi connectivity index (χ4v) is 2.71. The molecule has 1 aromatic carbocycles. The van der Waals surface area contributed by atoms with Gasteiger partial charge in [0, 0.05) is 16.3 Å². The number of rotatable bonds is 6. The Morgan fingerprint density at radius 2 is 2.10 bits per heavy atom. The van der Waals surface area contributed by atoms with Gasteiger partial charge in [-0.25, -0.2) is 4.68 Å². The van der Waals surface area contributed by atoms with E-state index in [1.807, 2.05) is 13.8 Å². The first-order chi connectivity index (χ1) is 9.99. The van der Waals surface area contributed by atoms with Gasteiger partial charge in [-0.2, -0.15) is 0 Å². The first-order valence-electron chi connectivity index (χ1n) is 6.39. The number of ether oxygens (including phenoxy) is 1. The van der Waals surface area contributed by atoms with Crippen molar-refractivity contribution in [3.05, 3.63) is 28.2 Å². The van der Waals surface area contributed by atoms with Gasteiger partial charge < -0.3 is 10.6 Å². The van der Waals surface area contributed by atoms with Gasteiger partial charge in [0.05, 0.1) is 17.7 Å². The Bertz CT molecular complexity index is 618. The first kappa shape index (κ1) is 16.4. The lowest BCUT2D eigenvalue weighted by molar-refractivity contribution is 0.0920. The van der Waals surface area contributed by atoms with Gasteiger partial charge in [0.2, 0.25) is 5.16 Å². The van der Waals surface area contributed by atoms with E-state index in [0.29, 0.717) is 33.2 Å². The minimum absolute atomic E-state index is 0.210. The zero-order valence-corrected chi connectivity index (χ0v) is 14.0. The number of nitrogens with two attached hydrogens (primary N) is 1. The molecule has 2 aromatic rings. The molecule has 0 fully saturated rings. The maximum Gasteiger partial charge on any atom is 0.210 e. The Balaban J connectivity index is 2.11. The van der Waals surface area contributed by atoms with E-state index < -0.39 is 0 Å². The molecule has 0 bridgehead atoms. The average molecular weight is 347 g/mol. The molecule has 0 spiro atoms. The molecule has 2 N–H and O–H groups in total. The third-order valence-corrected chi connectivity index (χ3v) is 4.07. The zero-order valence-electron chi connectivity index (χ0n) is 11.7. The van der Waals surface area contributed by atoms with Crippen molar-refractivity contribution in [1.29, 1.82) is 0 Å². The molecular weight excluding hydrogens is 331 g/mol. The highest BCUT2D eigenvalue weighted by atomic mass is 35.5. The zero-order chi connectivity index (χ0) is 15.4. The normalized spacial score (nSPS) is 11.3. The van der Waals surface area contributed by atoms with E-state index in [-0.39, 0.29) is 6.10 Å². The molecule has 114 valence electrons. The minimum Gasteiger partial charge on any atom is -0.378 e. The van der Waals surface area contributed by atoms with Crippen molar-refractivity contribution in [2.75, 3.05) is 18.2 Å². The van der Waals surface area contributed by atoms with E-state index in [1.54, 1.807) is 18.2 Å². The highest BCUT2D eigenvalue weighted by molar-refractivity contribution is 7.99. The molecule has 0 aliphatic carbocycles. The highest BCUT2D eigenvalue weighted by Crippen LogP contribution is 2.30. The summed E-state index contributed by atoms with van der Waals surface area (Å²) in [5.41, 5.74) is 0.657. The summed E-state index contributed by atoms with van der Waals surface area (Å²) < 4.78 is 6.89. The van der Waals surface area contributed by atoms with Crippen LogP contribution in [-0.4, -0.2) is 33.3 Å². The van der Waals surface area contributed by atoms with Crippen LogP contribution in [0.1, 0.15) is 13.8 Å². The third-order valence-electron chi connectivity index (χ3n) is 2.60. The summed E-state index contributed by atoms with van der Waals surface area (Å²) in [5.74, 6) is 7.25. The van der Waals surface area contributed by atoms with Crippen molar-refractivity contribution in [1.82, 2.24) is 14.9 Å². The number of nitrogens with zero attached hydrogens (tertiary/aromatic N) is 3. The van der Waals surface area contributed by atoms with Gasteiger partial charge in [-0.05, 0) is 32.0 Å². The number of benzene rings is 1. The minimum atomic E-state index is 0.210. The molecule has 8 heteroatoms. The standard InChI is InChI=1S/C13H16Cl2N4OS/c1-8(2)20-5-6-21-13-18-17-12(19(13)16)10-7-9(14)3-4-11(10)15/h3-4,7-8H,5-6,16H2,1-2H3. The van der Waals surface area contributed by atoms with Crippen molar-refractivity contribution >= 4 is 35.0 Å². The Hall–Kier alpha value is -0.950. The second kappa shape index (κ2) is 7.35. The Kier molecular flexibility index (Phi) is 5.75. The van der Waals surface area contributed by atoms with Gasteiger partial charge in [-0.3, -0.25) is 0 Å². The summed E-state index contributed by atoms with van der Waals surface area (Å²) >= 11 is 13.6. The Morgan fingerprint density at radius 3 is 2.81 bits per heavy atom. The van der Waals surface area contributed by atoms with Crippen LogP contribution in [0.3, 0.4) is 0 Å². The summed E-state index contributed by atoms with van der Waals surface area (Å²) in [6.07, 6.45) is 0.210. The number of hydrogen-bond acceptors (Lipinski definition) is 5. The predicted octanol–water partition coefficient (Wildman–Crippen LogP) is 3.48. The molecule has 0 amide bonds. The van der Waals surface area contributed by atoms with Crippen molar-refractivity contribution in [2.45, 2.75) is 25.1 Å². The Labute approximate surface area is 137 Å². The number of nitrogen functional groups attached to an aromatic ring is 1. The fraction of sp³-hybridized carbons (Fsp3) is 0.385. The second-order valence-electron chi connectivity index (χ2n) is 4.57. The van der Waals surface area contributed by atoms with Crippen LogP contribution in [0.4, 0.5) is 0 Å². The quantitative estimate of drug-likeness (QED) is 0.492. The number of thioether (sulfide) groups is 1. The van der Waals surface area contributed by atoms with E-state index in [0.717, 1.165) is 5.75 Å². The van der Waals surface area contributed by atoms with E-state index in [2.05, 4.69) is 10.2 Å². The molecule has 1 aromatic heterocycles. The van der Waals surface area contributed by atoms with Crippen LogP contribution in [0.5, 0.6) is 0 Å². The van der Waals surface area contributed by atoms with E-state index in [1.165, 1.54) is 16.4 Å². The maximum absolute atomic E-state index is 6.15. The number of halogens is 2. The summed E-state index contributed by atoms with van der Waals surface area (Å²) in [5, 5.41) is 9.86. The average Bonchev–Trinajstić information content (AvgIpc) is 2.79. The van der Waals surface area contributed by atoms with Gasteiger partial charge in [0.1, 0.15) is 0 Å². The van der Waals surface area contributed by atoms with Gasteiger partial charge in [-0.1, -0.05) is 35.0 Å². The van der Waals surface area contributed by atoms with Crippen LogP contribution in [0, 0.1) is 0 Å². The van der Waals surface area contributed by atoms with Crippen LogP contribution >= 0.6 is 35.0 Å².